The van der Waals surface area contributed by atoms with Gasteiger partial charge in [-0.25, -0.2) is 4.98 Å². The van der Waals surface area contributed by atoms with Gasteiger partial charge in [0, 0.05) is 23.1 Å². The number of pyridine rings is 1. The molecule has 0 spiro atoms. The number of nitrogens with two attached hydrogens (primary N) is 1. The third-order valence-electron chi connectivity index (χ3n) is 4.42. The molecule has 0 amide bonds. The van der Waals surface area contributed by atoms with Gasteiger partial charge in [-0.05, 0) is 18.9 Å². The van der Waals surface area contributed by atoms with Crippen molar-refractivity contribution in [2.45, 2.75) is 19.3 Å². The number of nitrogens with zero attached hydrogens (tertiary/aromatic N) is 2. The molecule has 1 aliphatic rings. The Kier molecular flexibility index (Phi) is 3.49. The van der Waals surface area contributed by atoms with Gasteiger partial charge in [-0.2, -0.15) is 4.98 Å². The maximum absolute atomic E-state index is 12.7. The summed E-state index contributed by atoms with van der Waals surface area (Å²) in [7, 11) is 1.55. The van der Waals surface area contributed by atoms with Crippen molar-refractivity contribution in [2.75, 3.05) is 12.8 Å². The van der Waals surface area contributed by atoms with E-state index in [4.69, 9.17) is 10.5 Å². The van der Waals surface area contributed by atoms with Gasteiger partial charge >= 0.3 is 0 Å². The number of ketones is 1. The molecule has 0 saturated heterocycles. The minimum atomic E-state index is -0.419. The Morgan fingerprint density at radius 2 is 1.92 bits per heavy atom. The number of hydrogen-bond donors (Lipinski definition) is 2. The first-order valence-electron chi connectivity index (χ1n) is 7.99. The molecular formula is C18H16N4O3. The molecular weight excluding hydrogens is 320 g/mol. The Bertz CT molecular complexity index is 1070. The van der Waals surface area contributed by atoms with Crippen LogP contribution in [0, 0.1) is 0 Å². The van der Waals surface area contributed by atoms with E-state index >= 15 is 0 Å². The largest absolute Gasteiger partial charge is 0.496 e. The number of anilines is 1. The van der Waals surface area contributed by atoms with Gasteiger partial charge in [0.1, 0.15) is 5.75 Å². The van der Waals surface area contributed by atoms with Gasteiger partial charge in [-0.3, -0.25) is 14.6 Å². The number of carbonyl (C=O) groups excluding carboxylic acids is 1. The lowest BCUT2D eigenvalue weighted by Crippen LogP contribution is -2.20. The van der Waals surface area contributed by atoms with Crippen molar-refractivity contribution in [3.63, 3.8) is 0 Å². The standard InChI is InChI=1S/C18H16N4O3/c1-25-12-8-3-2-5-9(12)13-14-10(6-4-7-11(14)23)20-16-15(13)17(24)22-18(19)21-16/h2-3,5,8H,4,6-7H2,1H3,(H3,19,20,21,22,24). The van der Waals surface area contributed by atoms with Crippen molar-refractivity contribution in [2.24, 2.45) is 0 Å². The molecule has 126 valence electrons. The molecule has 4 rings (SSSR count). The zero-order chi connectivity index (χ0) is 17.6. The van der Waals surface area contributed by atoms with Crippen molar-refractivity contribution in [3.8, 4) is 16.9 Å². The average Bonchev–Trinajstić information content (AvgIpc) is 2.60. The molecule has 2 aromatic heterocycles. The topological polar surface area (TPSA) is 111 Å². The summed E-state index contributed by atoms with van der Waals surface area (Å²) in [6, 6.07) is 7.29. The number of aromatic amines is 1. The summed E-state index contributed by atoms with van der Waals surface area (Å²) in [5, 5.41) is 0.257. The molecule has 3 N–H and O–H groups in total. The zero-order valence-electron chi connectivity index (χ0n) is 13.6. The van der Waals surface area contributed by atoms with E-state index < -0.39 is 5.56 Å². The first-order chi connectivity index (χ1) is 12.1. The molecule has 7 nitrogen and oxygen atoms in total. The lowest BCUT2D eigenvalue weighted by atomic mass is 9.86. The van der Waals surface area contributed by atoms with Crippen LogP contribution in [0.5, 0.6) is 5.75 Å². The van der Waals surface area contributed by atoms with Gasteiger partial charge < -0.3 is 10.5 Å². The highest BCUT2D eigenvalue weighted by molar-refractivity contribution is 6.11. The number of methoxy groups -OCH3 is 1. The zero-order valence-corrected chi connectivity index (χ0v) is 13.6. The molecule has 1 aromatic carbocycles. The van der Waals surface area contributed by atoms with E-state index in [1.54, 1.807) is 13.2 Å². The third-order valence-corrected chi connectivity index (χ3v) is 4.42. The molecule has 2 heterocycles. The van der Waals surface area contributed by atoms with Crippen molar-refractivity contribution in [1.29, 1.82) is 0 Å². The van der Waals surface area contributed by atoms with E-state index in [2.05, 4.69) is 15.0 Å². The Morgan fingerprint density at radius 1 is 1.12 bits per heavy atom. The molecule has 0 saturated carbocycles. The van der Waals surface area contributed by atoms with Gasteiger partial charge in [-0.15, -0.1) is 0 Å². The molecule has 0 aliphatic heterocycles. The summed E-state index contributed by atoms with van der Waals surface area (Å²) in [4.78, 5) is 36.4. The van der Waals surface area contributed by atoms with E-state index in [-0.39, 0.29) is 22.8 Å². The number of para-hydroxylation sites is 1. The summed E-state index contributed by atoms with van der Waals surface area (Å²) < 4.78 is 5.45. The average molecular weight is 336 g/mol. The molecule has 0 atom stereocenters. The first kappa shape index (κ1) is 15.3. The van der Waals surface area contributed by atoms with Crippen molar-refractivity contribution in [1.82, 2.24) is 15.0 Å². The second-order valence-corrected chi connectivity index (χ2v) is 5.94. The minimum absolute atomic E-state index is 0.00179. The van der Waals surface area contributed by atoms with Gasteiger partial charge in [0.25, 0.3) is 5.56 Å². The van der Waals surface area contributed by atoms with Crippen LogP contribution in [0.15, 0.2) is 29.1 Å². The number of fused-ring (bicyclic) bond motifs is 2. The lowest BCUT2D eigenvalue weighted by Gasteiger charge is -2.20. The van der Waals surface area contributed by atoms with Crippen molar-refractivity contribution < 1.29 is 9.53 Å². The van der Waals surface area contributed by atoms with E-state index in [1.807, 2.05) is 18.2 Å². The van der Waals surface area contributed by atoms with Crippen LogP contribution in [0.25, 0.3) is 22.2 Å². The van der Waals surface area contributed by atoms with Crippen LogP contribution in [-0.4, -0.2) is 27.8 Å². The van der Waals surface area contributed by atoms with Crippen LogP contribution < -0.4 is 16.0 Å². The number of carbonyl (C=O) groups is 1. The normalized spacial score (nSPS) is 13.7. The summed E-state index contributed by atoms with van der Waals surface area (Å²) in [5.74, 6) is 0.553. The number of aryl methyl sites for hydroxylation is 1. The molecule has 0 unspecified atom stereocenters. The highest BCUT2D eigenvalue weighted by atomic mass is 16.5. The Balaban J connectivity index is 2.23. The Labute approximate surface area is 142 Å². The lowest BCUT2D eigenvalue weighted by molar-refractivity contribution is 0.0972. The van der Waals surface area contributed by atoms with E-state index in [1.165, 1.54) is 0 Å². The third kappa shape index (κ3) is 2.36. The molecule has 7 heteroatoms. The van der Waals surface area contributed by atoms with Crippen LogP contribution in [0.3, 0.4) is 0 Å². The number of benzene rings is 1. The molecule has 3 aromatic rings. The predicted octanol–water partition coefficient (Wildman–Crippen LogP) is 2.09. The highest BCUT2D eigenvalue weighted by Crippen LogP contribution is 2.39. The molecule has 0 bridgehead atoms. The quantitative estimate of drug-likeness (QED) is 0.741. The molecule has 1 aliphatic carbocycles. The summed E-state index contributed by atoms with van der Waals surface area (Å²) in [5.41, 5.74) is 7.83. The smallest absolute Gasteiger partial charge is 0.262 e. The van der Waals surface area contributed by atoms with Crippen LogP contribution in [0.2, 0.25) is 0 Å². The van der Waals surface area contributed by atoms with E-state index in [9.17, 15) is 9.59 Å². The molecule has 25 heavy (non-hydrogen) atoms. The SMILES string of the molecule is COc1ccccc1-c1c2c(nc3nc(N)[nH]c(=O)c13)CCCC2=O. The second kappa shape index (κ2) is 5.70. The summed E-state index contributed by atoms with van der Waals surface area (Å²) >= 11 is 0. The minimum Gasteiger partial charge on any atom is -0.496 e. The fourth-order valence-electron chi connectivity index (χ4n) is 3.38. The maximum atomic E-state index is 12.7. The van der Waals surface area contributed by atoms with Gasteiger partial charge in [0.05, 0.1) is 18.2 Å². The van der Waals surface area contributed by atoms with Crippen LogP contribution >= 0.6 is 0 Å². The van der Waals surface area contributed by atoms with E-state index in [0.717, 1.165) is 6.42 Å². The number of rotatable bonds is 2. The first-order valence-corrected chi connectivity index (χ1v) is 7.99. The molecule has 0 radical (unpaired) electrons. The number of ether oxygens (including phenoxy) is 1. The number of H-pyrrole nitrogens is 1. The number of hydrogen-bond acceptors (Lipinski definition) is 6. The summed E-state index contributed by atoms with van der Waals surface area (Å²) in [6.07, 6.45) is 1.82. The summed E-state index contributed by atoms with van der Waals surface area (Å²) in [6.45, 7) is 0. The van der Waals surface area contributed by atoms with E-state index in [0.29, 0.717) is 41.0 Å². The monoisotopic (exact) mass is 336 g/mol. The van der Waals surface area contributed by atoms with Crippen molar-refractivity contribution in [3.05, 3.63) is 45.9 Å². The number of Topliss-reactive ketones (excluding diaryl/α,β-unsaturated/α-hetero) is 1. The van der Waals surface area contributed by atoms with Gasteiger partial charge in [-0.1, -0.05) is 18.2 Å². The molecule has 0 fully saturated rings. The number of aromatic nitrogens is 3. The predicted molar refractivity (Wildman–Crippen MR) is 93.8 cm³/mol. The van der Waals surface area contributed by atoms with Crippen LogP contribution in [0.1, 0.15) is 28.9 Å². The Morgan fingerprint density at radius 3 is 2.72 bits per heavy atom. The Hall–Kier alpha value is -3.22. The van der Waals surface area contributed by atoms with Gasteiger partial charge in [0.15, 0.2) is 11.4 Å². The number of nitrogen functional groups attached to an aromatic ring is 1. The number of nitrogens with one attached hydrogen (secondary N) is 1. The van der Waals surface area contributed by atoms with Gasteiger partial charge in [0.2, 0.25) is 5.95 Å². The van der Waals surface area contributed by atoms with Crippen LogP contribution in [0.4, 0.5) is 5.95 Å². The second-order valence-electron chi connectivity index (χ2n) is 5.94. The maximum Gasteiger partial charge on any atom is 0.262 e. The highest BCUT2D eigenvalue weighted by Gasteiger charge is 2.28. The van der Waals surface area contributed by atoms with Crippen molar-refractivity contribution >= 4 is 22.8 Å². The fourth-order valence-corrected chi connectivity index (χ4v) is 3.38. The fraction of sp³-hybridized carbons (Fsp3) is 0.222. The van der Waals surface area contributed by atoms with Crippen LogP contribution in [-0.2, 0) is 6.42 Å².